The van der Waals surface area contributed by atoms with Gasteiger partial charge in [0.15, 0.2) is 0 Å². The lowest BCUT2D eigenvalue weighted by Gasteiger charge is -1.99. The van der Waals surface area contributed by atoms with Crippen LogP contribution in [0.3, 0.4) is 0 Å². The second-order valence-electron chi connectivity index (χ2n) is 2.84. The van der Waals surface area contributed by atoms with Crippen molar-refractivity contribution < 1.29 is 0 Å². The first-order valence-electron chi connectivity index (χ1n) is 4.30. The van der Waals surface area contributed by atoms with Crippen LogP contribution in [0.4, 0.5) is 5.69 Å². The Labute approximate surface area is 92.2 Å². The molecule has 0 aromatic heterocycles. The number of allylic oxidation sites excluding steroid dienone is 1. The zero-order valence-corrected chi connectivity index (χ0v) is 9.29. The third kappa shape index (κ3) is 2.90. The summed E-state index contributed by atoms with van der Waals surface area (Å²) in [6, 6.07) is 7.42. The molecule has 0 unspecified atom stereocenters. The van der Waals surface area contributed by atoms with Crippen LogP contribution in [0.5, 0.6) is 0 Å². The number of hydrogen-bond acceptors (Lipinski definition) is 2. The van der Waals surface area contributed by atoms with Crippen LogP contribution in [0.15, 0.2) is 24.3 Å². The molecule has 72 valence electrons. The van der Waals surface area contributed by atoms with Gasteiger partial charge in [0.2, 0.25) is 0 Å². The molecular weight excluding hydrogens is 240 g/mol. The normalized spacial score (nSPS) is 10.3. The minimum Gasteiger partial charge on any atom is -0.399 e. The Bertz CT molecular complexity index is 377. The van der Waals surface area contributed by atoms with Crippen LogP contribution in [-0.4, -0.2) is 5.33 Å². The molecule has 1 aromatic rings. The first-order chi connectivity index (χ1) is 6.77. The number of nitriles is 1. The smallest absolute Gasteiger partial charge is 0.0997 e. The Morgan fingerprint density at radius 2 is 2.29 bits per heavy atom. The van der Waals surface area contributed by atoms with Gasteiger partial charge >= 0.3 is 0 Å². The molecular formula is C11H11BrN2. The van der Waals surface area contributed by atoms with Gasteiger partial charge in [-0.25, -0.2) is 0 Å². The average Bonchev–Trinajstić information content (AvgIpc) is 2.19. The number of hydrogen-bond donors (Lipinski definition) is 1. The van der Waals surface area contributed by atoms with Gasteiger partial charge in [-0.05, 0) is 30.2 Å². The van der Waals surface area contributed by atoms with E-state index in [1.807, 2.05) is 18.2 Å². The van der Waals surface area contributed by atoms with E-state index in [-0.39, 0.29) is 0 Å². The minimum atomic E-state index is 0.657. The highest BCUT2D eigenvalue weighted by molar-refractivity contribution is 9.09. The van der Waals surface area contributed by atoms with Gasteiger partial charge in [-0.1, -0.05) is 28.1 Å². The van der Waals surface area contributed by atoms with Crippen molar-refractivity contribution in [3.8, 4) is 6.07 Å². The van der Waals surface area contributed by atoms with Crippen LogP contribution >= 0.6 is 15.9 Å². The number of nitrogens with zero attached hydrogens (tertiary/aromatic N) is 1. The molecule has 2 nitrogen and oxygen atoms in total. The maximum Gasteiger partial charge on any atom is 0.0997 e. The van der Waals surface area contributed by atoms with Crippen LogP contribution in [0.25, 0.3) is 6.08 Å². The third-order valence-corrected chi connectivity index (χ3v) is 2.23. The van der Waals surface area contributed by atoms with Gasteiger partial charge in [-0.2, -0.15) is 5.26 Å². The molecule has 2 N–H and O–H groups in total. The molecule has 14 heavy (non-hydrogen) atoms. The molecule has 0 heterocycles. The van der Waals surface area contributed by atoms with Crippen molar-refractivity contribution >= 4 is 27.7 Å². The topological polar surface area (TPSA) is 49.8 Å². The van der Waals surface area contributed by atoms with E-state index in [4.69, 9.17) is 11.0 Å². The molecule has 0 aliphatic carbocycles. The van der Waals surface area contributed by atoms with Crippen molar-refractivity contribution in [2.45, 2.75) is 6.42 Å². The lowest BCUT2D eigenvalue weighted by Crippen LogP contribution is -1.88. The fourth-order valence-corrected chi connectivity index (χ4v) is 1.36. The molecule has 1 rings (SSSR count). The first-order valence-corrected chi connectivity index (χ1v) is 5.42. The largest absolute Gasteiger partial charge is 0.399 e. The quantitative estimate of drug-likeness (QED) is 0.663. The second-order valence-corrected chi connectivity index (χ2v) is 3.63. The summed E-state index contributed by atoms with van der Waals surface area (Å²) in [5.74, 6) is 0. The van der Waals surface area contributed by atoms with Gasteiger partial charge in [0.1, 0.15) is 0 Å². The van der Waals surface area contributed by atoms with Gasteiger partial charge in [-0.15, -0.1) is 0 Å². The molecule has 0 fully saturated rings. The summed E-state index contributed by atoms with van der Waals surface area (Å²) < 4.78 is 0. The number of halogens is 1. The van der Waals surface area contributed by atoms with E-state index in [2.05, 4.69) is 22.0 Å². The minimum absolute atomic E-state index is 0.657. The fraction of sp³-hybridized carbons (Fsp3) is 0.182. The van der Waals surface area contributed by atoms with E-state index in [1.54, 1.807) is 12.1 Å². The predicted molar refractivity (Wildman–Crippen MR) is 63.0 cm³/mol. The van der Waals surface area contributed by atoms with Gasteiger partial charge in [0.25, 0.3) is 0 Å². The molecule has 3 heteroatoms. The molecule has 0 atom stereocenters. The highest BCUT2D eigenvalue weighted by Gasteiger charge is 1.97. The van der Waals surface area contributed by atoms with E-state index in [0.717, 1.165) is 17.3 Å². The number of alkyl halides is 1. The SMILES string of the molecule is N#Cc1ccc(N)cc1C=CCCBr. The molecule has 0 amide bonds. The molecule has 0 radical (unpaired) electrons. The average molecular weight is 251 g/mol. The van der Waals surface area contributed by atoms with Crippen molar-refractivity contribution in [3.05, 3.63) is 35.4 Å². The van der Waals surface area contributed by atoms with E-state index in [0.29, 0.717) is 11.3 Å². The van der Waals surface area contributed by atoms with E-state index < -0.39 is 0 Å². The maximum absolute atomic E-state index is 8.83. The van der Waals surface area contributed by atoms with Crippen LogP contribution in [0.2, 0.25) is 0 Å². The number of anilines is 1. The van der Waals surface area contributed by atoms with Crippen molar-refractivity contribution in [1.82, 2.24) is 0 Å². The van der Waals surface area contributed by atoms with Gasteiger partial charge in [0, 0.05) is 11.0 Å². The van der Waals surface area contributed by atoms with Crippen LogP contribution < -0.4 is 5.73 Å². The van der Waals surface area contributed by atoms with E-state index >= 15 is 0 Å². The molecule has 0 saturated heterocycles. The van der Waals surface area contributed by atoms with E-state index in [1.165, 1.54) is 0 Å². The molecule has 0 saturated carbocycles. The Hall–Kier alpha value is -1.27. The van der Waals surface area contributed by atoms with Gasteiger partial charge < -0.3 is 5.73 Å². The molecule has 0 aliphatic heterocycles. The van der Waals surface area contributed by atoms with Gasteiger partial charge in [0.05, 0.1) is 11.6 Å². The summed E-state index contributed by atoms with van der Waals surface area (Å²) in [7, 11) is 0. The number of rotatable bonds is 3. The molecule has 0 aliphatic rings. The third-order valence-electron chi connectivity index (χ3n) is 1.77. The Balaban J connectivity index is 2.94. The summed E-state index contributed by atoms with van der Waals surface area (Å²) in [5, 5.41) is 9.76. The number of nitrogens with two attached hydrogens (primary N) is 1. The Morgan fingerprint density at radius 1 is 1.50 bits per heavy atom. The summed E-state index contributed by atoms with van der Waals surface area (Å²) in [4.78, 5) is 0. The highest BCUT2D eigenvalue weighted by Crippen LogP contribution is 2.14. The van der Waals surface area contributed by atoms with Crippen LogP contribution in [-0.2, 0) is 0 Å². The predicted octanol–water partition coefficient (Wildman–Crippen LogP) is 2.94. The monoisotopic (exact) mass is 250 g/mol. The zero-order valence-electron chi connectivity index (χ0n) is 7.70. The molecule has 1 aromatic carbocycles. The number of benzene rings is 1. The Morgan fingerprint density at radius 3 is 2.93 bits per heavy atom. The summed E-state index contributed by atoms with van der Waals surface area (Å²) >= 11 is 3.33. The van der Waals surface area contributed by atoms with Crippen molar-refractivity contribution in [1.29, 1.82) is 5.26 Å². The zero-order chi connectivity index (χ0) is 10.4. The van der Waals surface area contributed by atoms with Crippen molar-refractivity contribution in [3.63, 3.8) is 0 Å². The first kappa shape index (κ1) is 10.8. The lowest BCUT2D eigenvalue weighted by atomic mass is 10.1. The summed E-state index contributed by atoms with van der Waals surface area (Å²) in [5.41, 5.74) is 7.86. The second kappa shape index (κ2) is 5.46. The standard InChI is InChI=1S/C11H11BrN2/c12-6-2-1-3-9-7-11(14)5-4-10(9)8-13/h1,3-5,7H,2,6,14H2. The van der Waals surface area contributed by atoms with Crippen LogP contribution in [0, 0.1) is 11.3 Å². The maximum atomic E-state index is 8.83. The van der Waals surface area contributed by atoms with E-state index in [9.17, 15) is 0 Å². The molecule has 0 spiro atoms. The highest BCUT2D eigenvalue weighted by atomic mass is 79.9. The summed E-state index contributed by atoms with van der Waals surface area (Å²) in [6.07, 6.45) is 4.89. The fourth-order valence-electron chi connectivity index (χ4n) is 1.09. The Kier molecular flexibility index (Phi) is 4.21. The van der Waals surface area contributed by atoms with Crippen LogP contribution in [0.1, 0.15) is 17.5 Å². The molecule has 0 bridgehead atoms. The van der Waals surface area contributed by atoms with Gasteiger partial charge in [-0.3, -0.25) is 0 Å². The van der Waals surface area contributed by atoms with Crippen molar-refractivity contribution in [2.24, 2.45) is 0 Å². The number of nitrogen functional groups attached to an aromatic ring is 1. The lowest BCUT2D eigenvalue weighted by molar-refractivity contribution is 1.27. The van der Waals surface area contributed by atoms with Crippen molar-refractivity contribution in [2.75, 3.05) is 11.1 Å². The summed E-state index contributed by atoms with van der Waals surface area (Å²) in [6.45, 7) is 0.